The minimum absolute atomic E-state index is 0.309. The summed E-state index contributed by atoms with van der Waals surface area (Å²) < 4.78 is 6.47. The number of rotatable bonds is 4. The van der Waals surface area contributed by atoms with Crippen LogP contribution < -0.4 is 0 Å². The highest BCUT2D eigenvalue weighted by Gasteiger charge is 2.37. The lowest BCUT2D eigenvalue weighted by atomic mass is 9.73. The summed E-state index contributed by atoms with van der Waals surface area (Å²) in [5.74, 6) is 1.47. The number of hydrogen-bond donors (Lipinski definition) is 1. The average Bonchev–Trinajstić information content (AvgIpc) is 3.18. The van der Waals surface area contributed by atoms with Crippen molar-refractivity contribution in [3.8, 4) is 11.5 Å². The lowest BCUT2D eigenvalue weighted by Crippen LogP contribution is -2.31. The molecule has 0 bridgehead atoms. The van der Waals surface area contributed by atoms with Crippen LogP contribution in [0.1, 0.15) is 32.2 Å². The van der Waals surface area contributed by atoms with Gasteiger partial charge in [-0.2, -0.15) is 10.1 Å². The Kier molecular flexibility index (Phi) is 3.87. The zero-order chi connectivity index (χ0) is 15.7. The zero-order valence-electron chi connectivity index (χ0n) is 12.7. The van der Waals surface area contributed by atoms with Crippen LogP contribution in [-0.4, -0.2) is 20.3 Å². The van der Waals surface area contributed by atoms with Crippen molar-refractivity contribution in [2.24, 2.45) is 5.92 Å². The Balaban J connectivity index is 2.06. The van der Waals surface area contributed by atoms with Crippen LogP contribution in [0, 0.1) is 5.92 Å². The predicted octanol–water partition coefficient (Wildman–Crippen LogP) is 4.18. The van der Waals surface area contributed by atoms with Crippen LogP contribution in [0.25, 0.3) is 11.5 Å². The molecule has 0 fully saturated rings. The molecule has 2 aromatic heterocycles. The Bertz CT molecular complexity index is 749. The molecule has 114 valence electrons. The molecule has 0 aliphatic heterocycles. The number of nitrogens with one attached hydrogen (secondary N) is 1. The first-order chi connectivity index (χ1) is 10.5. The van der Waals surface area contributed by atoms with E-state index in [2.05, 4.69) is 69.2 Å². The molecule has 3 aromatic rings. The normalized spacial score (nSPS) is 14.2. The SMILES string of the molecule is CC(C)C(C)(c1ccc(Br)cc1)c1noc(-c2cn[nH]c2)n1. The van der Waals surface area contributed by atoms with Crippen molar-refractivity contribution in [2.45, 2.75) is 26.2 Å². The van der Waals surface area contributed by atoms with E-state index in [1.54, 1.807) is 12.4 Å². The second-order valence-corrected chi connectivity index (χ2v) is 6.69. The maximum atomic E-state index is 5.42. The molecule has 2 heterocycles. The molecular formula is C16H17BrN4O. The number of H-pyrrole nitrogens is 1. The fraction of sp³-hybridized carbons (Fsp3) is 0.312. The van der Waals surface area contributed by atoms with Gasteiger partial charge in [-0.05, 0) is 30.5 Å². The van der Waals surface area contributed by atoms with Gasteiger partial charge in [0, 0.05) is 10.7 Å². The Morgan fingerprint density at radius 2 is 1.95 bits per heavy atom. The first-order valence-electron chi connectivity index (χ1n) is 7.11. The lowest BCUT2D eigenvalue weighted by Gasteiger charge is -2.31. The highest BCUT2D eigenvalue weighted by atomic mass is 79.9. The molecule has 0 amide bonds. The maximum absolute atomic E-state index is 5.42. The highest BCUT2D eigenvalue weighted by Crippen LogP contribution is 2.38. The molecule has 0 saturated carbocycles. The topological polar surface area (TPSA) is 67.6 Å². The van der Waals surface area contributed by atoms with Crippen LogP contribution in [0.4, 0.5) is 0 Å². The van der Waals surface area contributed by atoms with Crippen LogP contribution in [-0.2, 0) is 5.41 Å². The summed E-state index contributed by atoms with van der Waals surface area (Å²) in [6.45, 7) is 6.47. The quantitative estimate of drug-likeness (QED) is 0.757. The molecule has 5 nitrogen and oxygen atoms in total. The van der Waals surface area contributed by atoms with Crippen molar-refractivity contribution in [3.05, 3.63) is 52.5 Å². The smallest absolute Gasteiger partial charge is 0.261 e. The summed E-state index contributed by atoms with van der Waals surface area (Å²) in [6.07, 6.45) is 3.41. The van der Waals surface area contributed by atoms with Crippen molar-refractivity contribution in [2.75, 3.05) is 0 Å². The number of aromatic amines is 1. The molecule has 0 radical (unpaired) electrons. The van der Waals surface area contributed by atoms with E-state index in [-0.39, 0.29) is 5.41 Å². The van der Waals surface area contributed by atoms with Crippen LogP contribution in [0.5, 0.6) is 0 Å². The largest absolute Gasteiger partial charge is 0.334 e. The number of nitrogens with zero attached hydrogens (tertiary/aromatic N) is 3. The van der Waals surface area contributed by atoms with Crippen molar-refractivity contribution >= 4 is 15.9 Å². The maximum Gasteiger partial charge on any atom is 0.261 e. The van der Waals surface area contributed by atoms with Crippen molar-refractivity contribution in [1.82, 2.24) is 20.3 Å². The van der Waals surface area contributed by atoms with Crippen LogP contribution in [0.2, 0.25) is 0 Å². The van der Waals surface area contributed by atoms with Crippen LogP contribution >= 0.6 is 15.9 Å². The third kappa shape index (κ3) is 2.47. The third-order valence-corrected chi connectivity index (χ3v) is 4.76. The van der Waals surface area contributed by atoms with Crippen molar-refractivity contribution in [1.29, 1.82) is 0 Å². The van der Waals surface area contributed by atoms with Crippen LogP contribution in [0.3, 0.4) is 0 Å². The Morgan fingerprint density at radius 3 is 2.55 bits per heavy atom. The molecule has 0 aliphatic rings. The summed E-state index contributed by atoms with van der Waals surface area (Å²) in [7, 11) is 0. The van der Waals surface area contributed by atoms with Gasteiger partial charge in [-0.1, -0.05) is 47.1 Å². The van der Waals surface area contributed by atoms with Gasteiger partial charge in [0.25, 0.3) is 5.89 Å². The molecule has 22 heavy (non-hydrogen) atoms. The molecule has 0 saturated heterocycles. The van der Waals surface area contributed by atoms with Crippen molar-refractivity contribution < 1.29 is 4.52 Å². The van der Waals surface area contributed by atoms with Gasteiger partial charge in [0.1, 0.15) is 0 Å². The van der Waals surface area contributed by atoms with Gasteiger partial charge in [-0.15, -0.1) is 0 Å². The van der Waals surface area contributed by atoms with Gasteiger partial charge in [0.15, 0.2) is 5.82 Å². The van der Waals surface area contributed by atoms with Gasteiger partial charge in [0.2, 0.25) is 0 Å². The fourth-order valence-electron chi connectivity index (χ4n) is 2.44. The van der Waals surface area contributed by atoms with Crippen LogP contribution in [0.15, 0.2) is 45.7 Å². The minimum Gasteiger partial charge on any atom is -0.334 e. The molecule has 0 aliphatic carbocycles. The van der Waals surface area contributed by atoms with E-state index in [1.807, 2.05) is 12.1 Å². The van der Waals surface area contributed by atoms with Gasteiger partial charge < -0.3 is 4.52 Å². The summed E-state index contributed by atoms with van der Waals surface area (Å²) in [5, 5.41) is 10.9. The van der Waals surface area contributed by atoms with Gasteiger partial charge >= 0.3 is 0 Å². The molecule has 6 heteroatoms. The Labute approximate surface area is 137 Å². The first-order valence-corrected chi connectivity index (χ1v) is 7.90. The lowest BCUT2D eigenvalue weighted by molar-refractivity contribution is 0.351. The Morgan fingerprint density at radius 1 is 1.23 bits per heavy atom. The first kappa shape index (κ1) is 15.0. The number of halogens is 1. The highest BCUT2D eigenvalue weighted by molar-refractivity contribution is 9.10. The predicted molar refractivity (Wildman–Crippen MR) is 87.3 cm³/mol. The standard InChI is InChI=1S/C16H17BrN4O/c1-10(2)16(3,12-4-6-13(17)7-5-12)15-20-14(22-21-15)11-8-18-19-9-11/h4-10H,1-3H3,(H,18,19). The summed E-state index contributed by atoms with van der Waals surface area (Å²) in [5.41, 5.74) is 1.62. The molecule has 1 aromatic carbocycles. The monoisotopic (exact) mass is 360 g/mol. The van der Waals surface area contributed by atoms with Gasteiger partial charge in [-0.3, -0.25) is 5.10 Å². The van der Waals surface area contributed by atoms with E-state index in [0.29, 0.717) is 17.6 Å². The number of benzene rings is 1. The number of aromatic nitrogens is 4. The molecule has 1 N–H and O–H groups in total. The van der Waals surface area contributed by atoms with E-state index in [9.17, 15) is 0 Å². The molecular weight excluding hydrogens is 344 g/mol. The fourth-order valence-corrected chi connectivity index (χ4v) is 2.70. The van der Waals surface area contributed by atoms with E-state index < -0.39 is 0 Å². The van der Waals surface area contributed by atoms with E-state index >= 15 is 0 Å². The second-order valence-electron chi connectivity index (χ2n) is 5.77. The molecule has 0 spiro atoms. The summed E-state index contributed by atoms with van der Waals surface area (Å²) >= 11 is 3.48. The molecule has 1 unspecified atom stereocenters. The average molecular weight is 361 g/mol. The van der Waals surface area contributed by atoms with E-state index in [1.165, 1.54) is 0 Å². The molecule has 1 atom stereocenters. The summed E-state index contributed by atoms with van der Waals surface area (Å²) in [4.78, 5) is 4.60. The summed E-state index contributed by atoms with van der Waals surface area (Å²) in [6, 6.07) is 8.26. The van der Waals surface area contributed by atoms with Gasteiger partial charge in [-0.25, -0.2) is 0 Å². The second kappa shape index (κ2) is 5.68. The van der Waals surface area contributed by atoms with Crippen molar-refractivity contribution in [3.63, 3.8) is 0 Å². The van der Waals surface area contributed by atoms with E-state index in [4.69, 9.17) is 4.52 Å². The Hall–Kier alpha value is -1.95. The minimum atomic E-state index is -0.327. The number of hydrogen-bond acceptors (Lipinski definition) is 4. The van der Waals surface area contributed by atoms with Gasteiger partial charge in [0.05, 0.1) is 17.2 Å². The zero-order valence-corrected chi connectivity index (χ0v) is 14.3. The molecule has 3 rings (SSSR count). The van der Waals surface area contributed by atoms with E-state index in [0.717, 1.165) is 15.6 Å². The third-order valence-electron chi connectivity index (χ3n) is 4.23.